The Balaban J connectivity index is 2.08. The van der Waals surface area contributed by atoms with Gasteiger partial charge >= 0.3 is 0 Å². The highest BCUT2D eigenvalue weighted by molar-refractivity contribution is 5.94. The van der Waals surface area contributed by atoms with Crippen molar-refractivity contribution in [3.8, 4) is 11.8 Å². The molecule has 0 saturated carbocycles. The maximum absolute atomic E-state index is 13.9. The number of aliphatic hydroxyl groups excluding tert-OH is 1. The van der Waals surface area contributed by atoms with Crippen LogP contribution in [0, 0.1) is 23.6 Å². The van der Waals surface area contributed by atoms with Gasteiger partial charge in [-0.2, -0.15) is 0 Å². The Labute approximate surface area is 124 Å². The Morgan fingerprint density at radius 1 is 1.43 bits per heavy atom. The fraction of sp³-hybridized carbons (Fsp3) is 0.471. The summed E-state index contributed by atoms with van der Waals surface area (Å²) in [7, 11) is 0. The third-order valence-electron chi connectivity index (χ3n) is 4.00. The Morgan fingerprint density at radius 3 is 2.71 bits per heavy atom. The lowest BCUT2D eigenvalue weighted by Crippen LogP contribution is -2.38. The molecule has 1 fully saturated rings. The fourth-order valence-electron chi connectivity index (χ4n) is 2.61. The molecular formula is C17H20FNO2. The molecular weight excluding hydrogens is 269 g/mol. The first-order chi connectivity index (χ1) is 10.2. The van der Waals surface area contributed by atoms with Crippen LogP contribution in [-0.2, 0) is 0 Å². The number of nitrogens with zero attached hydrogens (tertiary/aromatic N) is 1. The zero-order chi connectivity index (χ0) is 15.2. The maximum Gasteiger partial charge on any atom is 0.253 e. The summed E-state index contributed by atoms with van der Waals surface area (Å²) in [6.45, 7) is 3.34. The molecule has 1 aliphatic rings. The van der Waals surface area contributed by atoms with Crippen molar-refractivity contribution in [1.29, 1.82) is 0 Å². The summed E-state index contributed by atoms with van der Waals surface area (Å²) in [5.74, 6) is 4.97. The lowest BCUT2D eigenvalue weighted by molar-refractivity contribution is 0.0688. The summed E-state index contributed by atoms with van der Waals surface area (Å²) in [5, 5.41) is 8.62. The standard InChI is InChI=1S/C17H20FNO2/c1-2-13-7-9-19(10-8-13)17(21)15-6-5-14(4-3-11-20)16(18)12-15/h5-6,12-13,20H,2,7-11H2,1H3. The quantitative estimate of drug-likeness (QED) is 0.850. The van der Waals surface area contributed by atoms with Gasteiger partial charge in [0.15, 0.2) is 0 Å². The van der Waals surface area contributed by atoms with Crippen molar-refractivity contribution in [2.45, 2.75) is 26.2 Å². The number of amides is 1. The number of benzene rings is 1. The smallest absolute Gasteiger partial charge is 0.253 e. The Kier molecular flexibility index (Phi) is 5.35. The van der Waals surface area contributed by atoms with E-state index in [0.29, 0.717) is 11.5 Å². The van der Waals surface area contributed by atoms with Crippen LogP contribution in [0.3, 0.4) is 0 Å². The van der Waals surface area contributed by atoms with E-state index < -0.39 is 5.82 Å². The van der Waals surface area contributed by atoms with E-state index in [1.165, 1.54) is 12.1 Å². The number of rotatable bonds is 2. The lowest BCUT2D eigenvalue weighted by atomic mass is 9.94. The molecule has 0 aliphatic carbocycles. The van der Waals surface area contributed by atoms with E-state index in [2.05, 4.69) is 18.8 Å². The Morgan fingerprint density at radius 2 is 2.14 bits per heavy atom. The molecule has 1 saturated heterocycles. The first-order valence-corrected chi connectivity index (χ1v) is 7.34. The van der Waals surface area contributed by atoms with Crippen molar-refractivity contribution in [1.82, 2.24) is 4.90 Å². The van der Waals surface area contributed by atoms with Gasteiger partial charge in [-0.3, -0.25) is 4.79 Å². The predicted octanol–water partition coefficient (Wildman–Crippen LogP) is 2.43. The maximum atomic E-state index is 13.9. The van der Waals surface area contributed by atoms with Gasteiger partial charge in [0.2, 0.25) is 0 Å². The molecule has 0 unspecified atom stereocenters. The van der Waals surface area contributed by atoms with Crippen molar-refractivity contribution in [2.75, 3.05) is 19.7 Å². The number of piperidine rings is 1. The van der Waals surface area contributed by atoms with Crippen LogP contribution in [0.25, 0.3) is 0 Å². The fourth-order valence-corrected chi connectivity index (χ4v) is 2.61. The summed E-state index contributed by atoms with van der Waals surface area (Å²) in [6.07, 6.45) is 3.18. The van der Waals surface area contributed by atoms with Crippen LogP contribution in [0.1, 0.15) is 42.1 Å². The van der Waals surface area contributed by atoms with Crippen molar-refractivity contribution in [3.05, 3.63) is 35.1 Å². The van der Waals surface area contributed by atoms with Crippen molar-refractivity contribution >= 4 is 5.91 Å². The number of carbonyl (C=O) groups excluding carboxylic acids is 1. The molecule has 21 heavy (non-hydrogen) atoms. The summed E-state index contributed by atoms with van der Waals surface area (Å²) in [6, 6.07) is 4.32. The Bertz CT molecular complexity index is 566. The number of aliphatic hydroxyl groups is 1. The second kappa shape index (κ2) is 7.24. The van der Waals surface area contributed by atoms with Gasteiger partial charge in [0.25, 0.3) is 5.91 Å². The molecule has 1 N–H and O–H groups in total. The topological polar surface area (TPSA) is 40.5 Å². The number of carbonyl (C=O) groups is 1. The molecule has 0 atom stereocenters. The number of hydrogen-bond donors (Lipinski definition) is 1. The van der Waals surface area contributed by atoms with Gasteiger partial charge in [0.05, 0.1) is 5.56 Å². The first kappa shape index (κ1) is 15.5. The third-order valence-corrected chi connectivity index (χ3v) is 4.00. The van der Waals surface area contributed by atoms with Crippen LogP contribution in [0.2, 0.25) is 0 Å². The van der Waals surface area contributed by atoms with Crippen LogP contribution in [0.5, 0.6) is 0 Å². The summed E-state index contributed by atoms with van der Waals surface area (Å²) < 4.78 is 13.9. The lowest BCUT2D eigenvalue weighted by Gasteiger charge is -2.31. The second-order valence-corrected chi connectivity index (χ2v) is 5.30. The molecule has 0 bridgehead atoms. The first-order valence-electron chi connectivity index (χ1n) is 7.34. The van der Waals surface area contributed by atoms with Gasteiger partial charge in [-0.1, -0.05) is 25.2 Å². The van der Waals surface area contributed by atoms with Gasteiger partial charge in [-0.15, -0.1) is 0 Å². The van der Waals surface area contributed by atoms with Gasteiger partial charge in [-0.05, 0) is 37.0 Å². The van der Waals surface area contributed by atoms with E-state index in [0.717, 1.165) is 32.4 Å². The molecule has 0 aromatic heterocycles. The van der Waals surface area contributed by atoms with E-state index >= 15 is 0 Å². The minimum absolute atomic E-state index is 0.120. The molecule has 1 aromatic carbocycles. The van der Waals surface area contributed by atoms with E-state index in [9.17, 15) is 9.18 Å². The van der Waals surface area contributed by atoms with Crippen LogP contribution < -0.4 is 0 Å². The SMILES string of the molecule is CCC1CCN(C(=O)c2ccc(C#CCO)c(F)c2)CC1. The third kappa shape index (κ3) is 3.83. The largest absolute Gasteiger partial charge is 0.384 e. The monoisotopic (exact) mass is 289 g/mol. The molecule has 3 nitrogen and oxygen atoms in total. The Hall–Kier alpha value is -1.86. The number of likely N-dealkylation sites (tertiary alicyclic amines) is 1. The molecule has 1 amide bonds. The van der Waals surface area contributed by atoms with Crippen LogP contribution in [0.15, 0.2) is 18.2 Å². The molecule has 1 heterocycles. The zero-order valence-electron chi connectivity index (χ0n) is 12.2. The summed E-state index contributed by atoms with van der Waals surface area (Å²) >= 11 is 0. The summed E-state index contributed by atoms with van der Waals surface area (Å²) in [4.78, 5) is 14.1. The molecule has 0 spiro atoms. The van der Waals surface area contributed by atoms with E-state index in [1.54, 1.807) is 11.0 Å². The summed E-state index contributed by atoms with van der Waals surface area (Å²) in [5.41, 5.74) is 0.558. The van der Waals surface area contributed by atoms with Crippen LogP contribution in [0.4, 0.5) is 4.39 Å². The molecule has 4 heteroatoms. The number of hydrogen-bond acceptors (Lipinski definition) is 2. The minimum Gasteiger partial charge on any atom is -0.384 e. The van der Waals surface area contributed by atoms with E-state index in [-0.39, 0.29) is 18.1 Å². The number of halogens is 1. The van der Waals surface area contributed by atoms with Crippen LogP contribution >= 0.6 is 0 Å². The van der Waals surface area contributed by atoms with Crippen molar-refractivity contribution < 1.29 is 14.3 Å². The van der Waals surface area contributed by atoms with E-state index in [1.807, 2.05) is 0 Å². The molecule has 112 valence electrons. The van der Waals surface area contributed by atoms with Gasteiger partial charge in [0.1, 0.15) is 12.4 Å². The van der Waals surface area contributed by atoms with Gasteiger partial charge in [-0.25, -0.2) is 4.39 Å². The average molecular weight is 289 g/mol. The molecule has 1 aromatic rings. The second-order valence-electron chi connectivity index (χ2n) is 5.30. The normalized spacial score (nSPS) is 15.5. The average Bonchev–Trinajstić information content (AvgIpc) is 2.53. The highest BCUT2D eigenvalue weighted by Crippen LogP contribution is 2.21. The predicted molar refractivity (Wildman–Crippen MR) is 79.3 cm³/mol. The van der Waals surface area contributed by atoms with Crippen molar-refractivity contribution in [2.24, 2.45) is 5.92 Å². The molecule has 2 rings (SSSR count). The van der Waals surface area contributed by atoms with Crippen molar-refractivity contribution in [3.63, 3.8) is 0 Å². The van der Waals surface area contributed by atoms with Crippen LogP contribution in [-0.4, -0.2) is 35.6 Å². The highest BCUT2D eigenvalue weighted by Gasteiger charge is 2.23. The molecule has 0 radical (unpaired) electrons. The van der Waals surface area contributed by atoms with Gasteiger partial charge in [0, 0.05) is 18.7 Å². The minimum atomic E-state index is -0.523. The zero-order valence-corrected chi connectivity index (χ0v) is 12.2. The van der Waals surface area contributed by atoms with Gasteiger partial charge < -0.3 is 10.0 Å². The highest BCUT2D eigenvalue weighted by atomic mass is 19.1. The van der Waals surface area contributed by atoms with E-state index in [4.69, 9.17) is 5.11 Å². The molecule has 1 aliphatic heterocycles.